The Morgan fingerprint density at radius 3 is 1.59 bits per heavy atom. The van der Waals surface area contributed by atoms with Crippen LogP contribution in [0.1, 0.15) is 53.9 Å². The highest BCUT2D eigenvalue weighted by atomic mass is 16.4. The Bertz CT molecular complexity index is 685. The molecule has 0 heterocycles. The van der Waals surface area contributed by atoms with E-state index >= 15 is 0 Å². The monoisotopic (exact) mass is 459 g/mol. The molecule has 12 nitrogen and oxygen atoms in total. The minimum Gasteiger partial charge on any atom is -0.480 e. The summed E-state index contributed by atoms with van der Waals surface area (Å²) >= 11 is 0. The Hall–Kier alpha value is -2.73. The number of nitrogens with one attached hydrogen (secondary N) is 3. The number of aliphatic hydroxyl groups is 1. The van der Waals surface area contributed by atoms with Crippen LogP contribution in [0.3, 0.4) is 0 Å². The van der Waals surface area contributed by atoms with Crippen molar-refractivity contribution in [3.05, 3.63) is 0 Å². The molecular weight excluding hydrogens is 422 g/mol. The van der Waals surface area contributed by atoms with Gasteiger partial charge in [-0.25, -0.2) is 4.79 Å². The van der Waals surface area contributed by atoms with Gasteiger partial charge >= 0.3 is 5.97 Å². The molecule has 0 fully saturated rings. The van der Waals surface area contributed by atoms with Crippen molar-refractivity contribution < 1.29 is 34.2 Å². The van der Waals surface area contributed by atoms with Crippen molar-refractivity contribution in [2.75, 3.05) is 0 Å². The van der Waals surface area contributed by atoms with E-state index < -0.39 is 66.3 Å². The summed E-state index contributed by atoms with van der Waals surface area (Å²) in [6.45, 7) is 8.22. The van der Waals surface area contributed by atoms with Crippen LogP contribution in [-0.4, -0.2) is 70.1 Å². The summed E-state index contributed by atoms with van der Waals surface area (Å²) in [6.07, 6.45) is -0.815. The van der Waals surface area contributed by atoms with Crippen LogP contribution in [0.2, 0.25) is 0 Å². The number of hydrogen-bond acceptors (Lipinski definition) is 7. The summed E-state index contributed by atoms with van der Waals surface area (Å²) in [7, 11) is 0. The molecule has 0 bridgehead atoms. The molecule has 0 aliphatic heterocycles. The van der Waals surface area contributed by atoms with Gasteiger partial charge in [0.1, 0.15) is 18.1 Å². The van der Waals surface area contributed by atoms with Crippen molar-refractivity contribution in [3.63, 3.8) is 0 Å². The SMILES string of the molecule is CCC(C)C(NC(=O)C(NC(=O)C(NC(=O)C(N)CC(N)=O)C(C)O)C(C)CC)C(=O)O. The Kier molecular flexibility index (Phi) is 12.5. The lowest BCUT2D eigenvalue weighted by molar-refractivity contribution is -0.144. The highest BCUT2D eigenvalue weighted by molar-refractivity contribution is 5.95. The molecule has 184 valence electrons. The number of carboxylic acids is 1. The molecule has 0 saturated heterocycles. The van der Waals surface area contributed by atoms with E-state index in [1.807, 2.05) is 0 Å². The molecule has 0 rings (SSSR count). The fourth-order valence-corrected chi connectivity index (χ4v) is 2.85. The molecule has 9 N–H and O–H groups in total. The maximum atomic E-state index is 12.8. The van der Waals surface area contributed by atoms with Gasteiger partial charge in [-0.05, 0) is 18.8 Å². The van der Waals surface area contributed by atoms with Gasteiger partial charge < -0.3 is 37.6 Å². The lowest BCUT2D eigenvalue weighted by Gasteiger charge is -2.29. The average Bonchev–Trinajstić information content (AvgIpc) is 2.71. The Balaban J connectivity index is 5.54. The molecule has 0 aromatic carbocycles. The van der Waals surface area contributed by atoms with E-state index in [2.05, 4.69) is 16.0 Å². The summed E-state index contributed by atoms with van der Waals surface area (Å²) < 4.78 is 0. The molecule has 32 heavy (non-hydrogen) atoms. The molecule has 0 aromatic heterocycles. The summed E-state index contributed by atoms with van der Waals surface area (Å²) in [4.78, 5) is 60.3. The van der Waals surface area contributed by atoms with Crippen LogP contribution >= 0.6 is 0 Å². The molecule has 12 heteroatoms. The van der Waals surface area contributed by atoms with Crippen LogP contribution < -0.4 is 27.4 Å². The first-order valence-electron chi connectivity index (χ1n) is 10.6. The van der Waals surface area contributed by atoms with Gasteiger partial charge in [-0.3, -0.25) is 19.2 Å². The molecule has 7 atom stereocenters. The van der Waals surface area contributed by atoms with Gasteiger partial charge in [0.25, 0.3) is 0 Å². The first-order chi connectivity index (χ1) is 14.8. The van der Waals surface area contributed by atoms with E-state index in [1.54, 1.807) is 27.7 Å². The highest BCUT2D eigenvalue weighted by Crippen LogP contribution is 2.12. The average molecular weight is 460 g/mol. The summed E-state index contributed by atoms with van der Waals surface area (Å²) in [5, 5.41) is 26.6. The van der Waals surface area contributed by atoms with E-state index in [9.17, 15) is 34.2 Å². The van der Waals surface area contributed by atoms with E-state index in [-0.39, 0.29) is 11.8 Å². The second-order valence-corrected chi connectivity index (χ2v) is 8.09. The third-order valence-electron chi connectivity index (χ3n) is 5.39. The van der Waals surface area contributed by atoms with Crippen molar-refractivity contribution in [2.45, 2.75) is 84.2 Å². The topological polar surface area (TPSA) is 214 Å². The van der Waals surface area contributed by atoms with Crippen molar-refractivity contribution in [3.8, 4) is 0 Å². The zero-order valence-corrected chi connectivity index (χ0v) is 19.3. The fraction of sp³-hybridized carbons (Fsp3) is 0.750. The Labute approximate surface area is 187 Å². The smallest absolute Gasteiger partial charge is 0.326 e. The van der Waals surface area contributed by atoms with Crippen molar-refractivity contribution in [1.29, 1.82) is 0 Å². The van der Waals surface area contributed by atoms with Gasteiger partial charge in [0.2, 0.25) is 23.6 Å². The lowest BCUT2D eigenvalue weighted by Crippen LogP contribution is -2.61. The van der Waals surface area contributed by atoms with Gasteiger partial charge in [-0.1, -0.05) is 40.5 Å². The largest absolute Gasteiger partial charge is 0.480 e. The van der Waals surface area contributed by atoms with Crippen molar-refractivity contribution in [2.24, 2.45) is 23.3 Å². The number of nitrogens with two attached hydrogens (primary N) is 2. The van der Waals surface area contributed by atoms with Crippen LogP contribution in [0.5, 0.6) is 0 Å². The normalized spacial score (nSPS) is 17.6. The Morgan fingerprint density at radius 1 is 0.781 bits per heavy atom. The number of rotatable bonds is 14. The van der Waals surface area contributed by atoms with E-state index in [4.69, 9.17) is 11.5 Å². The summed E-state index contributed by atoms with van der Waals surface area (Å²) in [5.41, 5.74) is 10.6. The second-order valence-electron chi connectivity index (χ2n) is 8.09. The minimum absolute atomic E-state index is 0.346. The standard InChI is InChI=1S/C20H37N5O7/c1-6-9(3)14(18(29)24-15(20(31)32)10(4)7-2)23-19(30)16(11(5)26)25-17(28)12(21)8-13(22)27/h9-12,14-16,26H,6-8,21H2,1-5H3,(H2,22,27)(H,23,30)(H,24,29)(H,25,28)(H,31,32). The number of primary amides is 1. The predicted octanol–water partition coefficient (Wildman–Crippen LogP) is -1.80. The summed E-state index contributed by atoms with van der Waals surface area (Å²) in [6, 6.07) is -5.04. The van der Waals surface area contributed by atoms with Crippen LogP contribution in [-0.2, 0) is 24.0 Å². The molecular formula is C20H37N5O7. The Morgan fingerprint density at radius 2 is 1.19 bits per heavy atom. The second kappa shape index (κ2) is 13.6. The molecule has 0 radical (unpaired) electrons. The van der Waals surface area contributed by atoms with Gasteiger partial charge in [-0.2, -0.15) is 0 Å². The zero-order valence-electron chi connectivity index (χ0n) is 19.3. The van der Waals surface area contributed by atoms with Crippen molar-refractivity contribution >= 4 is 29.6 Å². The van der Waals surface area contributed by atoms with Crippen molar-refractivity contribution in [1.82, 2.24) is 16.0 Å². The molecule has 0 aliphatic rings. The first-order valence-corrected chi connectivity index (χ1v) is 10.6. The quantitative estimate of drug-likeness (QED) is 0.157. The summed E-state index contributed by atoms with van der Waals surface area (Å²) in [5.74, 6) is -5.17. The minimum atomic E-state index is -1.47. The first kappa shape index (κ1) is 29.3. The predicted molar refractivity (Wildman–Crippen MR) is 116 cm³/mol. The van der Waals surface area contributed by atoms with Gasteiger partial charge in [0, 0.05) is 0 Å². The zero-order chi connectivity index (χ0) is 25.2. The molecule has 0 spiro atoms. The van der Waals surface area contributed by atoms with Gasteiger partial charge in [0.05, 0.1) is 18.6 Å². The van der Waals surface area contributed by atoms with Crippen LogP contribution in [0.25, 0.3) is 0 Å². The van der Waals surface area contributed by atoms with Crippen LogP contribution in [0, 0.1) is 11.8 Å². The molecule has 0 aromatic rings. The number of hydrogen-bond donors (Lipinski definition) is 7. The van der Waals surface area contributed by atoms with E-state index in [0.717, 1.165) is 0 Å². The fourth-order valence-electron chi connectivity index (χ4n) is 2.85. The highest BCUT2D eigenvalue weighted by Gasteiger charge is 2.35. The third kappa shape index (κ3) is 9.18. The number of carbonyl (C=O) groups excluding carboxylic acids is 4. The van der Waals surface area contributed by atoms with E-state index in [1.165, 1.54) is 6.92 Å². The van der Waals surface area contributed by atoms with Crippen LogP contribution in [0.15, 0.2) is 0 Å². The molecule has 0 aliphatic carbocycles. The number of aliphatic carboxylic acids is 1. The molecule has 0 saturated carbocycles. The number of amides is 4. The third-order valence-corrected chi connectivity index (χ3v) is 5.39. The lowest BCUT2D eigenvalue weighted by atomic mass is 9.95. The van der Waals surface area contributed by atoms with Crippen LogP contribution in [0.4, 0.5) is 0 Å². The number of carboxylic acid groups (broad SMARTS) is 1. The number of carbonyl (C=O) groups is 5. The maximum absolute atomic E-state index is 12.8. The molecule has 4 amide bonds. The molecule has 7 unspecified atom stereocenters. The van der Waals surface area contributed by atoms with Gasteiger partial charge in [0.15, 0.2) is 0 Å². The maximum Gasteiger partial charge on any atom is 0.326 e. The number of aliphatic hydroxyl groups excluding tert-OH is 1. The van der Waals surface area contributed by atoms with Gasteiger partial charge in [-0.15, -0.1) is 0 Å². The van der Waals surface area contributed by atoms with E-state index in [0.29, 0.717) is 12.8 Å².